The summed E-state index contributed by atoms with van der Waals surface area (Å²) in [7, 11) is 0. The molecule has 0 unspecified atom stereocenters. The molecule has 9 heteroatoms. The van der Waals surface area contributed by atoms with Gasteiger partial charge in [0.05, 0.1) is 29.5 Å². The third-order valence-corrected chi connectivity index (χ3v) is 9.29. The maximum Gasteiger partial charge on any atom is 0.258 e. The Labute approximate surface area is 296 Å². The first kappa shape index (κ1) is 36.4. The van der Waals surface area contributed by atoms with Crippen molar-refractivity contribution in [3.63, 3.8) is 0 Å². The van der Waals surface area contributed by atoms with Crippen LogP contribution in [-0.4, -0.2) is 50.8 Å². The third kappa shape index (κ3) is 9.64. The molecule has 0 saturated heterocycles. The van der Waals surface area contributed by atoms with Gasteiger partial charge < -0.3 is 25.8 Å². The first-order valence-corrected chi connectivity index (χ1v) is 18.0. The number of unbranched alkanes of at least 4 members (excludes halogenated alkanes) is 2. The lowest BCUT2D eigenvalue weighted by Gasteiger charge is -2.23. The number of amides is 1. The van der Waals surface area contributed by atoms with Gasteiger partial charge >= 0.3 is 0 Å². The molecule has 5 aromatic rings. The van der Waals surface area contributed by atoms with Crippen LogP contribution in [0.25, 0.3) is 11.0 Å². The number of carbonyl (C=O) groups excluding carboxylic acids is 1. The molecule has 0 bridgehead atoms. The highest BCUT2D eigenvalue weighted by molar-refractivity contribution is 6.07. The van der Waals surface area contributed by atoms with E-state index in [4.69, 9.17) is 21.9 Å². The standard InChI is InChI=1S/C41H52N8O/c1-3-5-23-47(24-6-4-2)25-8-26-48-38-20-19-35(27-37(38)46-39(48)21-16-31-14-17-34(18-15-31)40(43)44)41(50)49(36-9-7-22-45-29-36)30-33-12-10-32(28-42)11-13-33/h7,9-15,17-20,22,27,29H,3-6,8,16,21,23-26,28,30,42H2,1-2H3,(H3,43,44). The van der Waals surface area contributed by atoms with Crippen molar-refractivity contribution in [1.29, 1.82) is 5.41 Å². The SMILES string of the molecule is CCCCN(CCCC)CCCn1c(CCc2ccc(C(=N)N)cc2)nc2cc(C(=O)N(Cc3ccc(CN)cc3)c3cccnc3)ccc21. The third-order valence-electron chi connectivity index (χ3n) is 9.29. The first-order valence-electron chi connectivity index (χ1n) is 18.0. The number of nitrogens with zero attached hydrogens (tertiary/aromatic N) is 5. The second-order valence-electron chi connectivity index (χ2n) is 13.0. The lowest BCUT2D eigenvalue weighted by molar-refractivity contribution is 0.0985. The van der Waals surface area contributed by atoms with Gasteiger partial charge in [0.25, 0.3) is 5.91 Å². The van der Waals surface area contributed by atoms with Crippen LogP contribution in [0.3, 0.4) is 0 Å². The minimum absolute atomic E-state index is 0.0715. The number of aromatic nitrogens is 3. The molecule has 2 heterocycles. The van der Waals surface area contributed by atoms with E-state index >= 15 is 0 Å². The molecule has 3 aromatic carbocycles. The molecule has 262 valence electrons. The number of hydrogen-bond donors (Lipinski definition) is 3. The smallest absolute Gasteiger partial charge is 0.258 e. The number of imidazole rings is 1. The fourth-order valence-corrected chi connectivity index (χ4v) is 6.32. The predicted octanol–water partition coefficient (Wildman–Crippen LogP) is 7.10. The van der Waals surface area contributed by atoms with Gasteiger partial charge in [0, 0.05) is 36.8 Å². The molecule has 5 rings (SSSR count). The van der Waals surface area contributed by atoms with Crippen molar-refractivity contribution in [1.82, 2.24) is 19.4 Å². The Morgan fingerprint density at radius 2 is 1.48 bits per heavy atom. The molecule has 5 N–H and O–H groups in total. The van der Waals surface area contributed by atoms with Gasteiger partial charge in [-0.1, -0.05) is 75.2 Å². The Balaban J connectivity index is 1.42. The van der Waals surface area contributed by atoms with Crippen molar-refractivity contribution in [2.45, 2.75) is 78.4 Å². The molecule has 50 heavy (non-hydrogen) atoms. The number of amidine groups is 1. The summed E-state index contributed by atoms with van der Waals surface area (Å²) in [6.45, 7) is 9.57. The molecule has 0 aliphatic carbocycles. The number of fused-ring (bicyclic) bond motifs is 1. The van der Waals surface area contributed by atoms with E-state index in [0.29, 0.717) is 18.7 Å². The quantitative estimate of drug-likeness (QED) is 0.0634. The summed E-state index contributed by atoms with van der Waals surface area (Å²) in [5.74, 6) is 0.979. The molecule has 0 spiro atoms. The largest absolute Gasteiger partial charge is 0.384 e. The highest BCUT2D eigenvalue weighted by Gasteiger charge is 2.21. The zero-order valence-corrected chi connectivity index (χ0v) is 29.7. The van der Waals surface area contributed by atoms with E-state index in [0.717, 1.165) is 84.7 Å². The van der Waals surface area contributed by atoms with Gasteiger partial charge in [0.15, 0.2) is 0 Å². The summed E-state index contributed by atoms with van der Waals surface area (Å²) in [6, 6.07) is 25.6. The number of aryl methyl sites for hydroxylation is 3. The van der Waals surface area contributed by atoms with Gasteiger partial charge in [-0.2, -0.15) is 0 Å². The van der Waals surface area contributed by atoms with Gasteiger partial charge in [0.1, 0.15) is 11.7 Å². The second kappa shape index (κ2) is 18.2. The minimum Gasteiger partial charge on any atom is -0.384 e. The molecule has 2 aromatic heterocycles. The van der Waals surface area contributed by atoms with Crippen molar-refractivity contribution in [2.24, 2.45) is 11.5 Å². The molecule has 9 nitrogen and oxygen atoms in total. The average Bonchev–Trinajstić information content (AvgIpc) is 3.50. The van der Waals surface area contributed by atoms with Gasteiger partial charge in [0.2, 0.25) is 0 Å². The minimum atomic E-state index is -0.105. The second-order valence-corrected chi connectivity index (χ2v) is 13.0. The van der Waals surface area contributed by atoms with Crippen LogP contribution in [0.5, 0.6) is 0 Å². The Bertz CT molecular complexity index is 1810. The maximum atomic E-state index is 14.2. The fraction of sp³-hybridized carbons (Fsp3) is 0.366. The molecular formula is C41H52N8O. The Morgan fingerprint density at radius 3 is 2.12 bits per heavy atom. The fourth-order valence-electron chi connectivity index (χ4n) is 6.32. The first-order chi connectivity index (χ1) is 24.4. The van der Waals surface area contributed by atoms with Gasteiger partial charge in [-0.3, -0.25) is 15.2 Å². The molecule has 0 fully saturated rings. The van der Waals surface area contributed by atoms with Gasteiger partial charge in [-0.05, 0) is 92.3 Å². The summed E-state index contributed by atoms with van der Waals surface area (Å²) in [4.78, 5) is 28.1. The summed E-state index contributed by atoms with van der Waals surface area (Å²) in [5, 5.41) is 7.72. The van der Waals surface area contributed by atoms with Crippen molar-refractivity contribution < 1.29 is 4.79 Å². The number of nitrogens with two attached hydrogens (primary N) is 2. The number of anilines is 1. The van der Waals surface area contributed by atoms with Crippen LogP contribution in [0.15, 0.2) is 91.3 Å². The monoisotopic (exact) mass is 672 g/mol. The highest BCUT2D eigenvalue weighted by atomic mass is 16.2. The van der Waals surface area contributed by atoms with Crippen LogP contribution in [-0.2, 0) is 32.5 Å². The Morgan fingerprint density at radius 1 is 0.820 bits per heavy atom. The molecule has 0 aliphatic heterocycles. The van der Waals surface area contributed by atoms with Crippen LogP contribution in [0.4, 0.5) is 5.69 Å². The zero-order valence-electron chi connectivity index (χ0n) is 29.7. The summed E-state index contributed by atoms with van der Waals surface area (Å²) >= 11 is 0. The molecule has 0 radical (unpaired) electrons. The number of rotatable bonds is 19. The van der Waals surface area contributed by atoms with Gasteiger partial charge in [-0.25, -0.2) is 4.98 Å². The number of pyridine rings is 1. The maximum absolute atomic E-state index is 14.2. The molecule has 1 amide bonds. The van der Waals surface area contributed by atoms with Crippen LogP contribution in [0, 0.1) is 5.41 Å². The van der Waals surface area contributed by atoms with Crippen LogP contribution < -0.4 is 16.4 Å². The highest BCUT2D eigenvalue weighted by Crippen LogP contribution is 2.24. The lowest BCUT2D eigenvalue weighted by Crippen LogP contribution is -2.30. The number of benzene rings is 3. The molecule has 0 atom stereocenters. The summed E-state index contributed by atoms with van der Waals surface area (Å²) in [5.41, 5.74) is 18.6. The molecule has 0 aliphatic rings. The zero-order chi connectivity index (χ0) is 35.3. The van der Waals surface area contributed by atoms with Crippen molar-refractivity contribution >= 4 is 28.5 Å². The van der Waals surface area contributed by atoms with Crippen LogP contribution >= 0.6 is 0 Å². The van der Waals surface area contributed by atoms with Gasteiger partial charge in [-0.15, -0.1) is 0 Å². The van der Waals surface area contributed by atoms with Crippen molar-refractivity contribution in [3.05, 3.63) is 125 Å². The van der Waals surface area contributed by atoms with Crippen LogP contribution in [0.2, 0.25) is 0 Å². The van der Waals surface area contributed by atoms with Crippen molar-refractivity contribution in [3.8, 4) is 0 Å². The molecule has 0 saturated carbocycles. The topological polar surface area (TPSA) is 130 Å². The predicted molar refractivity (Wildman–Crippen MR) is 205 cm³/mol. The van der Waals surface area contributed by atoms with Crippen LogP contribution in [0.1, 0.15) is 84.4 Å². The number of nitrogens with one attached hydrogen (secondary N) is 1. The summed E-state index contributed by atoms with van der Waals surface area (Å²) < 4.78 is 2.35. The summed E-state index contributed by atoms with van der Waals surface area (Å²) in [6.07, 6.45) is 10.9. The van der Waals surface area contributed by atoms with E-state index in [2.05, 4.69) is 34.4 Å². The normalized spacial score (nSPS) is 11.4. The Hall–Kier alpha value is -4.86. The van der Waals surface area contributed by atoms with E-state index in [9.17, 15) is 4.79 Å². The van der Waals surface area contributed by atoms with E-state index in [1.165, 1.54) is 31.2 Å². The van der Waals surface area contributed by atoms with E-state index < -0.39 is 0 Å². The van der Waals surface area contributed by atoms with E-state index in [-0.39, 0.29) is 11.7 Å². The van der Waals surface area contributed by atoms with Crippen molar-refractivity contribution in [2.75, 3.05) is 24.5 Å². The Kier molecular flexibility index (Phi) is 13.3. The number of carbonyl (C=O) groups is 1. The molecular weight excluding hydrogens is 621 g/mol. The number of hydrogen-bond acceptors (Lipinski definition) is 6. The van der Waals surface area contributed by atoms with E-state index in [1.807, 2.05) is 72.8 Å². The van der Waals surface area contributed by atoms with E-state index in [1.54, 1.807) is 17.3 Å². The lowest BCUT2D eigenvalue weighted by atomic mass is 10.1. The average molecular weight is 673 g/mol. The number of nitrogen functional groups attached to an aromatic ring is 1.